The molecule has 1 aromatic rings. The minimum atomic E-state index is -0.374. The van der Waals surface area contributed by atoms with E-state index in [1.54, 1.807) is 0 Å². The van der Waals surface area contributed by atoms with Crippen LogP contribution in [-0.4, -0.2) is 22.4 Å². The van der Waals surface area contributed by atoms with E-state index < -0.39 is 0 Å². The molecule has 1 unspecified atom stereocenters. The maximum Gasteiger partial charge on any atom is 0.106 e. The van der Waals surface area contributed by atoms with E-state index in [4.69, 9.17) is 5.26 Å². The van der Waals surface area contributed by atoms with Gasteiger partial charge in [-0.05, 0) is 39.3 Å². The van der Waals surface area contributed by atoms with Crippen molar-refractivity contribution in [2.75, 3.05) is 7.05 Å². The molecule has 4 nitrogen and oxygen atoms in total. The number of nitrogens with zero attached hydrogens (tertiary/aromatic N) is 3. The largest absolute Gasteiger partial charge is 0.302 e. The Balaban J connectivity index is 2.46. The number of aromatic nitrogens is 2. The lowest BCUT2D eigenvalue weighted by atomic mass is 9.92. The summed E-state index contributed by atoms with van der Waals surface area (Å²) in [7, 11) is 1.85. The van der Waals surface area contributed by atoms with Gasteiger partial charge in [0.25, 0.3) is 0 Å². The van der Waals surface area contributed by atoms with Crippen molar-refractivity contribution in [2.45, 2.75) is 45.2 Å². The molecule has 0 spiro atoms. The summed E-state index contributed by atoms with van der Waals surface area (Å²) >= 11 is 0. The summed E-state index contributed by atoms with van der Waals surface area (Å²) in [4.78, 5) is 0. The summed E-state index contributed by atoms with van der Waals surface area (Å²) in [5, 5.41) is 16.5. The number of nitriles is 1. The first-order chi connectivity index (χ1) is 7.67. The van der Waals surface area contributed by atoms with E-state index in [2.05, 4.69) is 16.5 Å². The van der Waals surface area contributed by atoms with Crippen LogP contribution in [-0.2, 0) is 6.54 Å². The Bertz CT molecular complexity index is 357. The molecule has 1 aromatic heterocycles. The molecule has 1 N–H and O–H groups in total. The monoisotopic (exact) mass is 220 g/mol. The van der Waals surface area contributed by atoms with Crippen LogP contribution in [0.2, 0.25) is 0 Å². The molecule has 0 amide bonds. The first-order valence-corrected chi connectivity index (χ1v) is 5.76. The van der Waals surface area contributed by atoms with Crippen LogP contribution in [0.4, 0.5) is 0 Å². The van der Waals surface area contributed by atoms with E-state index in [1.165, 1.54) is 5.69 Å². The SMILES string of the molecule is CCC(C#N)(CCCn1nccc1C)NC. The summed E-state index contributed by atoms with van der Waals surface area (Å²) in [6.07, 6.45) is 4.46. The number of hydrogen-bond donors (Lipinski definition) is 1. The molecular weight excluding hydrogens is 200 g/mol. The molecule has 88 valence electrons. The highest BCUT2D eigenvalue weighted by atomic mass is 15.3. The van der Waals surface area contributed by atoms with Crippen molar-refractivity contribution >= 4 is 0 Å². The third-order valence-electron chi connectivity index (χ3n) is 3.20. The summed E-state index contributed by atoms with van der Waals surface area (Å²) < 4.78 is 1.98. The maximum atomic E-state index is 9.15. The van der Waals surface area contributed by atoms with Crippen LogP contribution in [0.5, 0.6) is 0 Å². The van der Waals surface area contributed by atoms with Crippen molar-refractivity contribution in [3.05, 3.63) is 18.0 Å². The maximum absolute atomic E-state index is 9.15. The highest BCUT2D eigenvalue weighted by Gasteiger charge is 2.24. The van der Waals surface area contributed by atoms with Gasteiger partial charge in [0, 0.05) is 18.4 Å². The highest BCUT2D eigenvalue weighted by molar-refractivity contribution is 5.05. The molecule has 0 saturated carbocycles. The standard InChI is InChI=1S/C12H20N4/c1-4-12(10-13,14-3)7-5-9-16-11(2)6-8-15-16/h6,8,14H,4-5,7,9H2,1-3H3. The van der Waals surface area contributed by atoms with Crippen LogP contribution in [0.15, 0.2) is 12.3 Å². The molecule has 0 saturated heterocycles. The van der Waals surface area contributed by atoms with Crippen LogP contribution in [0.3, 0.4) is 0 Å². The second-order valence-electron chi connectivity index (χ2n) is 4.10. The zero-order chi connectivity index (χ0) is 12.0. The van der Waals surface area contributed by atoms with Gasteiger partial charge in [-0.2, -0.15) is 10.4 Å². The fourth-order valence-corrected chi connectivity index (χ4v) is 1.83. The van der Waals surface area contributed by atoms with Gasteiger partial charge in [-0.25, -0.2) is 0 Å². The summed E-state index contributed by atoms with van der Waals surface area (Å²) in [6.45, 7) is 4.96. The van der Waals surface area contributed by atoms with Gasteiger partial charge in [0.05, 0.1) is 6.07 Å². The zero-order valence-electron chi connectivity index (χ0n) is 10.3. The quantitative estimate of drug-likeness (QED) is 0.796. The van der Waals surface area contributed by atoms with Crippen LogP contribution >= 0.6 is 0 Å². The third kappa shape index (κ3) is 2.83. The Hall–Kier alpha value is -1.34. The van der Waals surface area contributed by atoms with Crippen molar-refractivity contribution in [2.24, 2.45) is 0 Å². The lowest BCUT2D eigenvalue weighted by Gasteiger charge is -2.24. The van der Waals surface area contributed by atoms with Gasteiger partial charge in [0.2, 0.25) is 0 Å². The molecule has 0 aliphatic carbocycles. The molecule has 16 heavy (non-hydrogen) atoms. The molecule has 0 aliphatic heterocycles. The number of hydrogen-bond acceptors (Lipinski definition) is 3. The molecule has 0 fully saturated rings. The van der Waals surface area contributed by atoms with E-state index in [-0.39, 0.29) is 5.54 Å². The summed E-state index contributed by atoms with van der Waals surface area (Å²) in [6, 6.07) is 4.36. The Labute approximate surface area is 97.3 Å². The normalized spacial score (nSPS) is 14.4. The Morgan fingerprint density at radius 3 is 2.81 bits per heavy atom. The Morgan fingerprint density at radius 1 is 1.62 bits per heavy atom. The zero-order valence-corrected chi connectivity index (χ0v) is 10.3. The van der Waals surface area contributed by atoms with Gasteiger partial charge in [0.1, 0.15) is 5.54 Å². The number of aryl methyl sites for hydroxylation is 2. The number of nitrogens with one attached hydrogen (secondary N) is 1. The van der Waals surface area contributed by atoms with Gasteiger partial charge in [-0.15, -0.1) is 0 Å². The molecule has 1 atom stereocenters. The average molecular weight is 220 g/mol. The van der Waals surface area contributed by atoms with Crippen molar-refractivity contribution in [3.8, 4) is 6.07 Å². The van der Waals surface area contributed by atoms with Crippen LogP contribution < -0.4 is 5.32 Å². The average Bonchev–Trinajstić information content (AvgIpc) is 2.71. The van der Waals surface area contributed by atoms with Gasteiger partial charge in [-0.1, -0.05) is 6.92 Å². The topological polar surface area (TPSA) is 53.6 Å². The molecule has 0 radical (unpaired) electrons. The fourth-order valence-electron chi connectivity index (χ4n) is 1.83. The summed E-state index contributed by atoms with van der Waals surface area (Å²) in [5.74, 6) is 0. The summed E-state index contributed by atoms with van der Waals surface area (Å²) in [5.41, 5.74) is 0.796. The van der Waals surface area contributed by atoms with E-state index in [9.17, 15) is 0 Å². The van der Waals surface area contributed by atoms with Gasteiger partial charge >= 0.3 is 0 Å². The molecular formula is C12H20N4. The molecule has 1 heterocycles. The van der Waals surface area contributed by atoms with Gasteiger partial charge < -0.3 is 5.32 Å². The van der Waals surface area contributed by atoms with Crippen molar-refractivity contribution in [3.63, 3.8) is 0 Å². The third-order valence-corrected chi connectivity index (χ3v) is 3.20. The second kappa shape index (κ2) is 5.66. The smallest absolute Gasteiger partial charge is 0.106 e. The molecule has 0 aromatic carbocycles. The van der Waals surface area contributed by atoms with Crippen molar-refractivity contribution < 1.29 is 0 Å². The van der Waals surface area contributed by atoms with E-state index in [0.717, 1.165) is 25.8 Å². The fraction of sp³-hybridized carbons (Fsp3) is 0.667. The molecule has 0 aliphatic rings. The Kier molecular flexibility index (Phi) is 4.51. The molecule has 1 rings (SSSR count). The second-order valence-corrected chi connectivity index (χ2v) is 4.10. The Morgan fingerprint density at radius 2 is 2.38 bits per heavy atom. The molecule has 4 heteroatoms. The number of rotatable bonds is 6. The van der Waals surface area contributed by atoms with E-state index in [0.29, 0.717) is 0 Å². The predicted molar refractivity (Wildman–Crippen MR) is 63.9 cm³/mol. The van der Waals surface area contributed by atoms with Crippen molar-refractivity contribution in [1.82, 2.24) is 15.1 Å². The van der Waals surface area contributed by atoms with E-state index >= 15 is 0 Å². The highest BCUT2D eigenvalue weighted by Crippen LogP contribution is 2.16. The van der Waals surface area contributed by atoms with Gasteiger partial charge in [0.15, 0.2) is 0 Å². The van der Waals surface area contributed by atoms with Crippen molar-refractivity contribution in [1.29, 1.82) is 5.26 Å². The first kappa shape index (κ1) is 12.7. The minimum Gasteiger partial charge on any atom is -0.302 e. The first-order valence-electron chi connectivity index (χ1n) is 5.76. The lowest BCUT2D eigenvalue weighted by molar-refractivity contribution is 0.374. The van der Waals surface area contributed by atoms with Crippen LogP contribution in [0, 0.1) is 18.3 Å². The minimum absolute atomic E-state index is 0.374. The lowest BCUT2D eigenvalue weighted by Crippen LogP contribution is -2.40. The van der Waals surface area contributed by atoms with Gasteiger partial charge in [-0.3, -0.25) is 4.68 Å². The van der Waals surface area contributed by atoms with E-state index in [1.807, 2.05) is 37.8 Å². The van der Waals surface area contributed by atoms with Crippen LogP contribution in [0.25, 0.3) is 0 Å². The molecule has 0 bridgehead atoms. The van der Waals surface area contributed by atoms with Crippen LogP contribution in [0.1, 0.15) is 31.9 Å². The predicted octanol–water partition coefficient (Wildman–Crippen LogP) is 1.86.